The van der Waals surface area contributed by atoms with Crippen LogP contribution < -0.4 is 16.0 Å². The molecule has 0 saturated heterocycles. The smallest absolute Gasteiger partial charge is 0.255 e. The molecular weight excluding hydrogens is 540 g/mol. The van der Waals surface area contributed by atoms with Crippen LogP contribution in [0.5, 0.6) is 5.75 Å². The van der Waals surface area contributed by atoms with E-state index in [4.69, 9.17) is 5.73 Å². The van der Waals surface area contributed by atoms with Crippen LogP contribution in [0, 0.1) is 11.8 Å². The van der Waals surface area contributed by atoms with Crippen molar-refractivity contribution < 1.29 is 34.8 Å². The van der Waals surface area contributed by atoms with E-state index in [1.54, 1.807) is 14.1 Å². The molecule has 1 amide bonds. The second-order valence-corrected chi connectivity index (χ2v) is 11.7. The predicted octanol–water partition coefficient (Wildman–Crippen LogP) is 1.32. The van der Waals surface area contributed by atoms with Crippen molar-refractivity contribution in [2.45, 2.75) is 37.6 Å². The Morgan fingerprint density at radius 1 is 1.07 bits per heavy atom. The van der Waals surface area contributed by atoms with Crippen molar-refractivity contribution in [3.8, 4) is 5.75 Å². The van der Waals surface area contributed by atoms with Crippen molar-refractivity contribution in [2.75, 3.05) is 33.1 Å². The largest absolute Gasteiger partial charge is 0.508 e. The molecule has 5 rings (SSSR count). The second kappa shape index (κ2) is 10.6. The lowest BCUT2D eigenvalue weighted by atomic mass is 9.57. The van der Waals surface area contributed by atoms with E-state index in [0.717, 1.165) is 11.3 Å². The second-order valence-electron chi connectivity index (χ2n) is 11.7. The van der Waals surface area contributed by atoms with Gasteiger partial charge in [-0.3, -0.25) is 19.3 Å². The number of likely N-dealkylation sites (N-methyl/N-ethyl adjacent to an activating group) is 1. The number of hydrogen-bond donors (Lipinski definition) is 6. The zero-order chi connectivity index (χ0) is 30.7. The lowest BCUT2D eigenvalue weighted by molar-refractivity contribution is -0.153. The molecule has 0 radical (unpaired) electrons. The number of anilines is 1. The minimum Gasteiger partial charge on any atom is -0.508 e. The number of Topliss-reactive ketones (excluding diaryl/α,β-unsaturated/α-hetero) is 2. The number of carbonyl (C=O) groups excluding carboxylic acids is 3. The summed E-state index contributed by atoms with van der Waals surface area (Å²) >= 11 is 0. The van der Waals surface area contributed by atoms with Gasteiger partial charge in [-0.05, 0) is 50.0 Å². The molecule has 0 aliphatic heterocycles. The number of aromatic hydroxyl groups is 1. The van der Waals surface area contributed by atoms with Crippen LogP contribution in [0.1, 0.15) is 28.7 Å². The standard InChI is InChI=1S/C31H36N4O7/c1-34(2)20-12-17(14-33-13-15-8-6-5-7-9-15)25(36)22-18(20)10-16-11-19-24(35(3)4)27(38)23(30(32)41)29(40)31(19,42)28(39)21(16)26(22)37/h5-9,12,16,19,24,33,36-37,40,42H,10-11,13-14H2,1-4H3,(H2,32,41). The Kier molecular flexibility index (Phi) is 7.38. The fourth-order valence-corrected chi connectivity index (χ4v) is 6.82. The SMILES string of the molecule is CN(C)c1cc(CNCc2ccccc2)c(O)c2c1CC1CC3C(N(C)C)C(=O)C(C(N)=O)=C(O)C3(O)C(=O)C1=C2O. The van der Waals surface area contributed by atoms with E-state index in [9.17, 15) is 34.8 Å². The molecule has 1 saturated carbocycles. The zero-order valence-corrected chi connectivity index (χ0v) is 24.0. The number of nitrogens with two attached hydrogens (primary N) is 1. The average molecular weight is 577 g/mol. The fraction of sp³-hybridized carbons (Fsp3) is 0.387. The minimum atomic E-state index is -2.67. The summed E-state index contributed by atoms with van der Waals surface area (Å²) in [5.74, 6) is -6.63. The lowest BCUT2D eigenvalue weighted by Crippen LogP contribution is -2.65. The van der Waals surface area contributed by atoms with Gasteiger partial charge in [0, 0.05) is 49.9 Å². The number of fused-ring (bicyclic) bond motifs is 3. The highest BCUT2D eigenvalue weighted by Crippen LogP contribution is 2.54. The van der Waals surface area contributed by atoms with E-state index in [1.807, 2.05) is 55.4 Å². The van der Waals surface area contributed by atoms with Crippen molar-refractivity contribution in [1.29, 1.82) is 0 Å². The van der Waals surface area contributed by atoms with Gasteiger partial charge < -0.3 is 36.4 Å². The highest BCUT2D eigenvalue weighted by molar-refractivity contribution is 6.24. The van der Waals surface area contributed by atoms with Crippen LogP contribution in [0.25, 0.3) is 5.76 Å². The van der Waals surface area contributed by atoms with E-state index >= 15 is 0 Å². The maximum absolute atomic E-state index is 14.1. The Morgan fingerprint density at radius 2 is 1.74 bits per heavy atom. The van der Waals surface area contributed by atoms with Gasteiger partial charge >= 0.3 is 0 Å². The summed E-state index contributed by atoms with van der Waals surface area (Å²) in [6, 6.07) is 10.4. The predicted molar refractivity (Wildman–Crippen MR) is 156 cm³/mol. The molecular formula is C31H36N4O7. The molecule has 0 bridgehead atoms. The van der Waals surface area contributed by atoms with Crippen molar-refractivity contribution >= 4 is 28.9 Å². The maximum atomic E-state index is 14.1. The van der Waals surface area contributed by atoms with Gasteiger partial charge in [0.05, 0.1) is 11.6 Å². The topological polar surface area (TPSA) is 177 Å². The molecule has 2 aromatic carbocycles. The van der Waals surface area contributed by atoms with E-state index in [0.29, 0.717) is 17.7 Å². The average Bonchev–Trinajstić information content (AvgIpc) is 2.92. The molecule has 4 unspecified atom stereocenters. The number of carbonyl (C=O) groups is 3. The van der Waals surface area contributed by atoms with Crippen LogP contribution in [0.2, 0.25) is 0 Å². The quantitative estimate of drug-likeness (QED) is 0.264. The molecule has 222 valence electrons. The number of phenolic OH excluding ortho intramolecular Hbond substituents is 1. The van der Waals surface area contributed by atoms with E-state index in [-0.39, 0.29) is 36.3 Å². The van der Waals surface area contributed by atoms with Gasteiger partial charge in [0.25, 0.3) is 5.91 Å². The van der Waals surface area contributed by atoms with E-state index in [2.05, 4.69) is 5.32 Å². The van der Waals surface area contributed by atoms with Gasteiger partial charge in [0.2, 0.25) is 5.78 Å². The number of aliphatic hydroxyl groups is 3. The Hall–Kier alpha value is -4.19. The van der Waals surface area contributed by atoms with Crippen molar-refractivity contribution in [2.24, 2.45) is 17.6 Å². The van der Waals surface area contributed by atoms with E-state index in [1.165, 1.54) is 4.90 Å². The molecule has 1 fully saturated rings. The first-order valence-corrected chi connectivity index (χ1v) is 13.7. The van der Waals surface area contributed by atoms with Gasteiger partial charge in [-0.2, -0.15) is 0 Å². The summed E-state index contributed by atoms with van der Waals surface area (Å²) in [7, 11) is 6.82. The van der Waals surface area contributed by atoms with Crippen LogP contribution in [-0.4, -0.2) is 82.6 Å². The highest BCUT2D eigenvalue weighted by atomic mass is 16.3. The number of phenols is 1. The fourth-order valence-electron chi connectivity index (χ4n) is 6.82. The number of aliphatic hydroxyl groups excluding tert-OH is 2. The normalized spacial score (nSPS) is 25.3. The minimum absolute atomic E-state index is 0.0414. The Bertz CT molecular complexity index is 1550. The number of hydrogen-bond acceptors (Lipinski definition) is 10. The Balaban J connectivity index is 1.63. The molecule has 7 N–H and O–H groups in total. The molecule has 0 heterocycles. The molecule has 4 atom stereocenters. The number of rotatable bonds is 7. The molecule has 3 aliphatic rings. The third kappa shape index (κ3) is 4.36. The number of benzene rings is 2. The molecule has 11 heteroatoms. The first-order chi connectivity index (χ1) is 19.8. The summed E-state index contributed by atoms with van der Waals surface area (Å²) in [4.78, 5) is 42.9. The van der Waals surface area contributed by atoms with Gasteiger partial charge in [0.15, 0.2) is 11.4 Å². The lowest BCUT2D eigenvalue weighted by Gasteiger charge is -2.50. The van der Waals surface area contributed by atoms with Crippen LogP contribution in [0.15, 0.2) is 53.3 Å². The summed E-state index contributed by atoms with van der Waals surface area (Å²) in [6.45, 7) is 0.801. The number of nitrogens with one attached hydrogen (secondary N) is 1. The Morgan fingerprint density at radius 3 is 2.33 bits per heavy atom. The summed E-state index contributed by atoms with van der Waals surface area (Å²) in [6.07, 6.45) is 0.271. The Labute approximate surface area is 243 Å². The van der Waals surface area contributed by atoms with Crippen molar-refractivity contribution in [1.82, 2.24) is 10.2 Å². The zero-order valence-electron chi connectivity index (χ0n) is 24.0. The highest BCUT2D eigenvalue weighted by Gasteiger charge is 2.64. The van der Waals surface area contributed by atoms with Crippen LogP contribution in [0.3, 0.4) is 0 Å². The van der Waals surface area contributed by atoms with Gasteiger partial charge in [0.1, 0.15) is 22.8 Å². The molecule has 0 aromatic heterocycles. The summed E-state index contributed by atoms with van der Waals surface area (Å²) in [5, 5.41) is 49.1. The summed E-state index contributed by atoms with van der Waals surface area (Å²) < 4.78 is 0. The molecule has 11 nitrogen and oxygen atoms in total. The van der Waals surface area contributed by atoms with Crippen molar-refractivity contribution in [3.63, 3.8) is 0 Å². The number of ketones is 2. The first-order valence-electron chi connectivity index (χ1n) is 13.7. The maximum Gasteiger partial charge on any atom is 0.255 e. The van der Waals surface area contributed by atoms with Crippen LogP contribution in [0.4, 0.5) is 5.69 Å². The third-order valence-electron chi connectivity index (χ3n) is 8.75. The monoisotopic (exact) mass is 576 g/mol. The van der Waals surface area contributed by atoms with Crippen LogP contribution in [-0.2, 0) is 33.9 Å². The van der Waals surface area contributed by atoms with E-state index < -0.39 is 58.0 Å². The molecule has 42 heavy (non-hydrogen) atoms. The number of amides is 1. The molecule has 3 aliphatic carbocycles. The molecule has 0 spiro atoms. The van der Waals surface area contributed by atoms with Crippen LogP contribution >= 0.6 is 0 Å². The number of primary amides is 1. The van der Waals surface area contributed by atoms with Crippen molar-refractivity contribution in [3.05, 3.63) is 75.6 Å². The third-order valence-corrected chi connectivity index (χ3v) is 8.75. The molecule has 2 aromatic rings. The summed E-state index contributed by atoms with van der Waals surface area (Å²) in [5.41, 5.74) is 4.71. The first kappa shape index (κ1) is 29.3. The van der Waals surface area contributed by atoms with Gasteiger partial charge in [-0.15, -0.1) is 0 Å². The van der Waals surface area contributed by atoms with Gasteiger partial charge in [-0.1, -0.05) is 30.3 Å². The number of nitrogens with zero attached hydrogens (tertiary/aromatic N) is 2. The van der Waals surface area contributed by atoms with Gasteiger partial charge in [-0.25, -0.2) is 0 Å².